The Balaban J connectivity index is 0. The summed E-state index contributed by atoms with van der Waals surface area (Å²) in [5, 5.41) is 0. The largest absolute Gasteiger partial charge is 0.103 e. The summed E-state index contributed by atoms with van der Waals surface area (Å²) < 4.78 is 0. The Morgan fingerprint density at radius 1 is 1.25 bits per heavy atom. The minimum atomic E-state index is 0. The van der Waals surface area contributed by atoms with E-state index in [0.717, 1.165) is 17.8 Å². The van der Waals surface area contributed by atoms with Crippen LogP contribution in [0.1, 0.15) is 48.0 Å². The second-order valence-electron chi connectivity index (χ2n) is 3.82. The van der Waals surface area contributed by atoms with Crippen LogP contribution in [0, 0.1) is 17.8 Å². The molecule has 0 aliphatic heterocycles. The molecule has 0 aromatic heterocycles. The van der Waals surface area contributed by atoms with Gasteiger partial charge in [-0.25, -0.2) is 0 Å². The van der Waals surface area contributed by atoms with Crippen molar-refractivity contribution in [2.45, 2.75) is 48.0 Å². The van der Waals surface area contributed by atoms with E-state index in [2.05, 4.69) is 40.3 Å². The number of rotatable bonds is 5. The molecule has 12 heavy (non-hydrogen) atoms. The summed E-state index contributed by atoms with van der Waals surface area (Å²) in [5.74, 6) is 2.47. The Morgan fingerprint density at radius 3 is 2.00 bits per heavy atom. The Kier molecular flexibility index (Phi) is 8.79. The van der Waals surface area contributed by atoms with Gasteiger partial charge in [-0.1, -0.05) is 47.6 Å². The van der Waals surface area contributed by atoms with E-state index in [4.69, 9.17) is 0 Å². The van der Waals surface area contributed by atoms with E-state index in [0.29, 0.717) is 0 Å². The maximum atomic E-state index is 3.80. The van der Waals surface area contributed by atoms with Gasteiger partial charge in [0.1, 0.15) is 0 Å². The Bertz CT molecular complexity index is 103. The summed E-state index contributed by atoms with van der Waals surface area (Å²) in [6.45, 7) is 13.0. The predicted molar refractivity (Wildman–Crippen MR) is 59.3 cm³/mol. The first-order valence-corrected chi connectivity index (χ1v) is 4.74. The average Bonchev–Trinajstić information content (AvgIpc) is 1.98. The molecule has 0 nitrogen and oxygen atoms in total. The average molecular weight is 170 g/mol. The third-order valence-corrected chi connectivity index (χ3v) is 2.67. The zero-order valence-corrected chi connectivity index (χ0v) is 8.43. The van der Waals surface area contributed by atoms with Crippen LogP contribution in [-0.2, 0) is 0 Å². The van der Waals surface area contributed by atoms with Gasteiger partial charge >= 0.3 is 0 Å². The molecular weight excluding hydrogens is 144 g/mol. The molecule has 0 heteroatoms. The normalized spacial score (nSPS) is 15.1. The summed E-state index contributed by atoms with van der Waals surface area (Å²) in [7, 11) is 0. The maximum absolute atomic E-state index is 3.80. The summed E-state index contributed by atoms with van der Waals surface area (Å²) in [4.78, 5) is 0. The van der Waals surface area contributed by atoms with Crippen LogP contribution in [0.4, 0.5) is 0 Å². The van der Waals surface area contributed by atoms with E-state index in [-0.39, 0.29) is 7.43 Å². The minimum absolute atomic E-state index is 0. The second-order valence-corrected chi connectivity index (χ2v) is 3.82. The number of hydrogen-bond acceptors (Lipinski definition) is 0. The molecule has 74 valence electrons. The Labute approximate surface area is 79.1 Å². The van der Waals surface area contributed by atoms with Gasteiger partial charge in [0.05, 0.1) is 0 Å². The van der Waals surface area contributed by atoms with Crippen LogP contribution < -0.4 is 0 Å². The number of hydrogen-bond donors (Lipinski definition) is 0. The molecule has 0 bridgehead atoms. The fourth-order valence-electron chi connectivity index (χ4n) is 1.66. The van der Waals surface area contributed by atoms with Crippen LogP contribution in [0.2, 0.25) is 0 Å². The summed E-state index contributed by atoms with van der Waals surface area (Å²) in [5.41, 5.74) is 0. The standard InChI is InChI=1S/C11H22.CH4/c1-6-8-11(9(3)4)10(5)7-2;/h6,9-11H,1,7-8H2,2-5H3;1H4/t10-,11-;/m1./s1. The lowest BCUT2D eigenvalue weighted by atomic mass is 9.81. The van der Waals surface area contributed by atoms with E-state index in [1.807, 2.05) is 0 Å². The highest BCUT2D eigenvalue weighted by molar-refractivity contribution is 4.78. The molecule has 0 aliphatic rings. The molecule has 0 unspecified atom stereocenters. The third-order valence-electron chi connectivity index (χ3n) is 2.67. The quantitative estimate of drug-likeness (QED) is 0.532. The topological polar surface area (TPSA) is 0 Å². The molecule has 2 atom stereocenters. The van der Waals surface area contributed by atoms with Crippen LogP contribution in [0.3, 0.4) is 0 Å². The van der Waals surface area contributed by atoms with E-state index in [9.17, 15) is 0 Å². The Morgan fingerprint density at radius 2 is 1.75 bits per heavy atom. The molecule has 0 radical (unpaired) electrons. The predicted octanol–water partition coefficient (Wildman–Crippen LogP) is 4.52. The monoisotopic (exact) mass is 170 g/mol. The molecule has 0 amide bonds. The SMILES string of the molecule is C.C=CC[C@H](C(C)C)[C@H](C)CC. The first kappa shape index (κ1) is 14.3. The van der Waals surface area contributed by atoms with Gasteiger partial charge < -0.3 is 0 Å². The summed E-state index contributed by atoms with van der Waals surface area (Å²) in [6.07, 6.45) is 4.51. The van der Waals surface area contributed by atoms with Gasteiger partial charge in [0.2, 0.25) is 0 Å². The van der Waals surface area contributed by atoms with Gasteiger partial charge in [-0.15, -0.1) is 6.58 Å². The fourth-order valence-corrected chi connectivity index (χ4v) is 1.66. The fraction of sp³-hybridized carbons (Fsp3) is 0.833. The van der Waals surface area contributed by atoms with Crippen molar-refractivity contribution >= 4 is 0 Å². The third kappa shape index (κ3) is 4.58. The molecular formula is C12H26. The summed E-state index contributed by atoms with van der Waals surface area (Å²) in [6, 6.07) is 0. The van der Waals surface area contributed by atoms with Crippen LogP contribution in [0.5, 0.6) is 0 Å². The van der Waals surface area contributed by atoms with Gasteiger partial charge in [0.15, 0.2) is 0 Å². The van der Waals surface area contributed by atoms with Crippen LogP contribution >= 0.6 is 0 Å². The zero-order valence-electron chi connectivity index (χ0n) is 8.43. The first-order valence-electron chi connectivity index (χ1n) is 4.74. The van der Waals surface area contributed by atoms with Crippen molar-refractivity contribution in [3.05, 3.63) is 12.7 Å². The van der Waals surface area contributed by atoms with Crippen molar-refractivity contribution in [1.29, 1.82) is 0 Å². The van der Waals surface area contributed by atoms with Crippen molar-refractivity contribution < 1.29 is 0 Å². The van der Waals surface area contributed by atoms with E-state index >= 15 is 0 Å². The van der Waals surface area contributed by atoms with Gasteiger partial charge in [-0.05, 0) is 24.2 Å². The van der Waals surface area contributed by atoms with Crippen molar-refractivity contribution in [2.75, 3.05) is 0 Å². The van der Waals surface area contributed by atoms with Crippen molar-refractivity contribution in [3.63, 3.8) is 0 Å². The van der Waals surface area contributed by atoms with Crippen LogP contribution in [0.25, 0.3) is 0 Å². The zero-order chi connectivity index (χ0) is 8.85. The number of allylic oxidation sites excluding steroid dienone is 1. The highest BCUT2D eigenvalue weighted by Gasteiger charge is 2.17. The molecule has 0 aromatic carbocycles. The van der Waals surface area contributed by atoms with E-state index < -0.39 is 0 Å². The second kappa shape index (κ2) is 7.39. The van der Waals surface area contributed by atoms with E-state index in [1.54, 1.807) is 0 Å². The van der Waals surface area contributed by atoms with Crippen molar-refractivity contribution in [1.82, 2.24) is 0 Å². The first-order chi connectivity index (χ1) is 5.13. The molecule has 0 heterocycles. The Hall–Kier alpha value is -0.260. The maximum Gasteiger partial charge on any atom is -0.0320 e. The van der Waals surface area contributed by atoms with Crippen LogP contribution in [-0.4, -0.2) is 0 Å². The highest BCUT2D eigenvalue weighted by Crippen LogP contribution is 2.26. The lowest BCUT2D eigenvalue weighted by Gasteiger charge is -2.25. The van der Waals surface area contributed by atoms with Gasteiger partial charge in [0.25, 0.3) is 0 Å². The molecule has 0 fully saturated rings. The molecule has 0 rings (SSSR count). The lowest BCUT2D eigenvalue weighted by molar-refractivity contribution is 0.267. The van der Waals surface area contributed by atoms with Gasteiger partial charge in [-0.2, -0.15) is 0 Å². The van der Waals surface area contributed by atoms with Crippen molar-refractivity contribution in [2.24, 2.45) is 17.8 Å². The molecule has 0 aliphatic carbocycles. The molecule has 0 aromatic rings. The molecule has 0 saturated carbocycles. The summed E-state index contributed by atoms with van der Waals surface area (Å²) >= 11 is 0. The minimum Gasteiger partial charge on any atom is -0.103 e. The van der Waals surface area contributed by atoms with Gasteiger partial charge in [0, 0.05) is 0 Å². The lowest BCUT2D eigenvalue weighted by Crippen LogP contribution is -2.16. The van der Waals surface area contributed by atoms with E-state index in [1.165, 1.54) is 12.8 Å². The molecule has 0 saturated heterocycles. The highest BCUT2D eigenvalue weighted by atomic mass is 14.2. The smallest absolute Gasteiger partial charge is 0.0320 e. The van der Waals surface area contributed by atoms with Crippen molar-refractivity contribution in [3.8, 4) is 0 Å². The molecule has 0 N–H and O–H groups in total. The van der Waals surface area contributed by atoms with Gasteiger partial charge in [-0.3, -0.25) is 0 Å². The molecule has 0 spiro atoms. The van der Waals surface area contributed by atoms with Crippen LogP contribution in [0.15, 0.2) is 12.7 Å².